The van der Waals surface area contributed by atoms with Gasteiger partial charge in [-0.25, -0.2) is 0 Å². The van der Waals surface area contributed by atoms with Crippen LogP contribution in [0.2, 0.25) is 0 Å². The standard InChI is InChI=1S/C63H106O6/c1-4-7-10-13-16-19-22-25-28-30-32-35-38-41-44-47-50-53-56-62(65)68-59-60(58-67-61(64)55-52-49-46-43-40-37-34-27-24-21-18-15-12-9-6-3)69-63(66)57-54-51-48-45-42-39-36-33-31-29-26-23-20-17-14-11-8-5-2/h9,12,15,18,21-22,24-25,27-28,30,32-36,60H,4-8,10-11,13-14,16-17,19-20,23,26,29,31,37-59H2,1-3H3/b12-9-,18-15-,24-21-,25-22-,30-28-,34-27-,35-32-,36-33-. The maximum atomic E-state index is 12.9. The van der Waals surface area contributed by atoms with E-state index in [2.05, 4.69) is 99.8 Å². The molecule has 394 valence electrons. The summed E-state index contributed by atoms with van der Waals surface area (Å²) in [6, 6.07) is 0. The van der Waals surface area contributed by atoms with E-state index in [0.717, 1.165) is 122 Å². The minimum atomic E-state index is -0.802. The number of carbonyl (C=O) groups excluding carboxylic acids is 3. The van der Waals surface area contributed by atoms with Crippen molar-refractivity contribution in [2.75, 3.05) is 13.2 Å². The fourth-order valence-electron chi connectivity index (χ4n) is 7.86. The minimum absolute atomic E-state index is 0.0998. The van der Waals surface area contributed by atoms with E-state index in [9.17, 15) is 14.4 Å². The number of ether oxygens (including phenoxy) is 3. The van der Waals surface area contributed by atoms with Crippen LogP contribution in [0.25, 0.3) is 0 Å². The van der Waals surface area contributed by atoms with E-state index in [4.69, 9.17) is 14.2 Å². The normalized spacial score (nSPS) is 12.8. The number of rotatable bonds is 51. The largest absolute Gasteiger partial charge is 0.462 e. The van der Waals surface area contributed by atoms with Gasteiger partial charge < -0.3 is 14.2 Å². The SMILES string of the molecule is CC\C=C/C=C\C=C/C=C\CCCCCCCC(=O)OCC(COC(=O)CCCCCCC\C=C/C=C\C=C/CCCCCCC)OC(=O)CCCCCCC/C=C\CCCCCCCCCCC. The molecule has 6 heteroatoms. The number of allylic oxidation sites excluding steroid dienone is 16. The third-order valence-electron chi connectivity index (χ3n) is 12.2. The van der Waals surface area contributed by atoms with E-state index in [1.807, 2.05) is 18.2 Å². The van der Waals surface area contributed by atoms with Gasteiger partial charge in [-0.15, -0.1) is 0 Å². The summed E-state index contributed by atoms with van der Waals surface area (Å²) in [7, 11) is 0. The summed E-state index contributed by atoms with van der Waals surface area (Å²) in [5.74, 6) is -0.946. The van der Waals surface area contributed by atoms with E-state index in [1.54, 1.807) is 0 Å². The Kier molecular flexibility index (Phi) is 53.9. The predicted molar refractivity (Wildman–Crippen MR) is 297 cm³/mol. The van der Waals surface area contributed by atoms with Crippen LogP contribution in [0.5, 0.6) is 0 Å². The van der Waals surface area contributed by atoms with Gasteiger partial charge in [-0.2, -0.15) is 0 Å². The van der Waals surface area contributed by atoms with Crippen molar-refractivity contribution >= 4 is 17.9 Å². The highest BCUT2D eigenvalue weighted by Crippen LogP contribution is 2.14. The van der Waals surface area contributed by atoms with Crippen LogP contribution >= 0.6 is 0 Å². The Morgan fingerprint density at radius 1 is 0.304 bits per heavy atom. The first kappa shape index (κ1) is 65.3. The Hall–Kier alpha value is -3.67. The first-order valence-corrected chi connectivity index (χ1v) is 28.8. The monoisotopic (exact) mass is 959 g/mol. The molecule has 0 N–H and O–H groups in total. The summed E-state index contributed by atoms with van der Waals surface area (Å²) in [5.41, 5.74) is 0. The summed E-state index contributed by atoms with van der Waals surface area (Å²) >= 11 is 0. The number of hydrogen-bond donors (Lipinski definition) is 0. The molecule has 0 bridgehead atoms. The van der Waals surface area contributed by atoms with Crippen molar-refractivity contribution in [2.24, 2.45) is 0 Å². The van der Waals surface area contributed by atoms with Crippen LogP contribution in [-0.4, -0.2) is 37.2 Å². The summed E-state index contributed by atoms with van der Waals surface area (Å²) in [4.78, 5) is 38.2. The molecule has 1 atom stereocenters. The Bertz CT molecular complexity index is 1380. The third kappa shape index (κ3) is 55.1. The van der Waals surface area contributed by atoms with Gasteiger partial charge in [0.25, 0.3) is 0 Å². The molecule has 0 aliphatic rings. The van der Waals surface area contributed by atoms with Crippen molar-refractivity contribution in [3.63, 3.8) is 0 Å². The Balaban J connectivity index is 4.48. The van der Waals surface area contributed by atoms with Crippen molar-refractivity contribution in [1.82, 2.24) is 0 Å². The number of unbranched alkanes of at least 4 members (excludes halogenated alkanes) is 29. The molecule has 0 heterocycles. The maximum Gasteiger partial charge on any atom is 0.306 e. The highest BCUT2D eigenvalue weighted by molar-refractivity contribution is 5.71. The van der Waals surface area contributed by atoms with Crippen LogP contribution in [0.4, 0.5) is 0 Å². The smallest absolute Gasteiger partial charge is 0.306 e. The van der Waals surface area contributed by atoms with Crippen molar-refractivity contribution < 1.29 is 28.6 Å². The van der Waals surface area contributed by atoms with Crippen molar-refractivity contribution in [1.29, 1.82) is 0 Å². The van der Waals surface area contributed by atoms with Crippen LogP contribution in [0.3, 0.4) is 0 Å². The molecule has 0 amide bonds. The van der Waals surface area contributed by atoms with Crippen molar-refractivity contribution in [3.8, 4) is 0 Å². The minimum Gasteiger partial charge on any atom is -0.462 e. The quantitative estimate of drug-likeness (QED) is 0.0199. The number of carbonyl (C=O) groups is 3. The van der Waals surface area contributed by atoms with Gasteiger partial charge in [-0.3, -0.25) is 14.4 Å². The first-order valence-electron chi connectivity index (χ1n) is 28.8. The molecule has 0 spiro atoms. The van der Waals surface area contributed by atoms with Gasteiger partial charge in [0, 0.05) is 19.3 Å². The highest BCUT2D eigenvalue weighted by atomic mass is 16.6. The molecule has 69 heavy (non-hydrogen) atoms. The van der Waals surface area contributed by atoms with Gasteiger partial charge in [-0.1, -0.05) is 253 Å². The van der Waals surface area contributed by atoms with Gasteiger partial charge in [0.2, 0.25) is 0 Å². The average Bonchev–Trinajstić information content (AvgIpc) is 3.35. The Morgan fingerprint density at radius 3 is 0.928 bits per heavy atom. The average molecular weight is 960 g/mol. The van der Waals surface area contributed by atoms with Gasteiger partial charge >= 0.3 is 17.9 Å². The summed E-state index contributed by atoms with van der Waals surface area (Å²) < 4.78 is 16.8. The molecule has 0 rings (SSSR count). The van der Waals surface area contributed by atoms with Crippen molar-refractivity contribution in [2.45, 2.75) is 271 Å². The lowest BCUT2D eigenvalue weighted by molar-refractivity contribution is -0.167. The molecular weight excluding hydrogens is 853 g/mol. The molecule has 0 radical (unpaired) electrons. The Morgan fingerprint density at radius 2 is 0.580 bits per heavy atom. The molecule has 0 saturated heterocycles. The topological polar surface area (TPSA) is 78.9 Å². The second-order valence-electron chi connectivity index (χ2n) is 19.0. The van der Waals surface area contributed by atoms with E-state index in [1.165, 1.54) is 103 Å². The molecule has 0 aromatic rings. The second kappa shape index (κ2) is 56.9. The van der Waals surface area contributed by atoms with Gasteiger partial charge in [0.1, 0.15) is 13.2 Å². The van der Waals surface area contributed by atoms with E-state index < -0.39 is 6.10 Å². The van der Waals surface area contributed by atoms with E-state index >= 15 is 0 Å². The lowest BCUT2D eigenvalue weighted by Gasteiger charge is -2.18. The van der Waals surface area contributed by atoms with Gasteiger partial charge in [0.15, 0.2) is 6.10 Å². The lowest BCUT2D eigenvalue weighted by Crippen LogP contribution is -2.30. The zero-order valence-corrected chi connectivity index (χ0v) is 45.0. The summed E-state index contributed by atoms with van der Waals surface area (Å²) in [5, 5.41) is 0. The van der Waals surface area contributed by atoms with Gasteiger partial charge in [-0.05, 0) is 89.9 Å². The van der Waals surface area contributed by atoms with Crippen LogP contribution in [0.15, 0.2) is 97.2 Å². The maximum absolute atomic E-state index is 12.9. The molecular formula is C63H106O6. The van der Waals surface area contributed by atoms with Crippen LogP contribution in [-0.2, 0) is 28.6 Å². The van der Waals surface area contributed by atoms with E-state index in [-0.39, 0.29) is 31.1 Å². The summed E-state index contributed by atoms with van der Waals surface area (Å²) in [6.45, 7) is 6.45. The Labute approximate surface area is 426 Å². The molecule has 6 nitrogen and oxygen atoms in total. The molecule has 0 aliphatic heterocycles. The molecule has 0 aliphatic carbocycles. The van der Waals surface area contributed by atoms with Crippen LogP contribution in [0.1, 0.15) is 265 Å². The molecule has 0 fully saturated rings. The van der Waals surface area contributed by atoms with Crippen molar-refractivity contribution in [3.05, 3.63) is 97.2 Å². The lowest BCUT2D eigenvalue weighted by atomic mass is 10.1. The molecule has 1 unspecified atom stereocenters. The zero-order chi connectivity index (χ0) is 50.0. The highest BCUT2D eigenvalue weighted by Gasteiger charge is 2.19. The molecule has 0 aromatic heterocycles. The van der Waals surface area contributed by atoms with Crippen LogP contribution in [0, 0.1) is 0 Å². The predicted octanol–water partition coefficient (Wildman–Crippen LogP) is 19.3. The number of hydrogen-bond acceptors (Lipinski definition) is 6. The first-order chi connectivity index (χ1) is 34.0. The summed E-state index contributed by atoms with van der Waals surface area (Å²) in [6.07, 6.45) is 75.3. The van der Waals surface area contributed by atoms with Crippen LogP contribution < -0.4 is 0 Å². The zero-order valence-electron chi connectivity index (χ0n) is 45.0. The molecule has 0 saturated carbocycles. The number of esters is 3. The fourth-order valence-corrected chi connectivity index (χ4v) is 7.86. The third-order valence-corrected chi connectivity index (χ3v) is 12.2. The second-order valence-corrected chi connectivity index (χ2v) is 19.0. The molecule has 0 aromatic carbocycles. The fraction of sp³-hybridized carbons (Fsp3) is 0.698. The van der Waals surface area contributed by atoms with E-state index in [0.29, 0.717) is 19.3 Å². The van der Waals surface area contributed by atoms with Gasteiger partial charge in [0.05, 0.1) is 0 Å².